The number of fused-ring (bicyclic) bond motifs is 2. The zero-order valence-electron chi connectivity index (χ0n) is 15.2. The Morgan fingerprint density at radius 3 is 2.07 bits per heavy atom. The molecular formula is C24H20Cl2O. The first-order chi connectivity index (χ1) is 12.9. The van der Waals surface area contributed by atoms with E-state index in [1.54, 1.807) is 0 Å². The molecule has 1 aliphatic carbocycles. The molecule has 27 heavy (non-hydrogen) atoms. The molecule has 0 unspecified atom stereocenters. The fraction of sp³-hybridized carbons (Fsp3) is 0.250. The molecule has 1 fully saturated rings. The van der Waals surface area contributed by atoms with Gasteiger partial charge >= 0.3 is 0 Å². The Kier molecular flexibility index (Phi) is 3.51. The van der Waals surface area contributed by atoms with Crippen LogP contribution in [0.5, 0.6) is 5.75 Å². The molecule has 1 saturated carbocycles. The van der Waals surface area contributed by atoms with Crippen LogP contribution in [0.3, 0.4) is 0 Å². The quantitative estimate of drug-likeness (QED) is 0.444. The summed E-state index contributed by atoms with van der Waals surface area (Å²) in [5.41, 5.74) is 3.36. The first-order valence-electron chi connectivity index (χ1n) is 9.22. The van der Waals surface area contributed by atoms with Gasteiger partial charge in [-0.3, -0.25) is 0 Å². The van der Waals surface area contributed by atoms with E-state index in [1.807, 2.05) is 30.3 Å². The molecule has 3 aromatic rings. The Morgan fingerprint density at radius 2 is 1.37 bits per heavy atom. The molecule has 1 heterocycles. The highest BCUT2D eigenvalue weighted by molar-refractivity contribution is 6.53. The van der Waals surface area contributed by atoms with Gasteiger partial charge in [0.15, 0.2) is 9.93 Å². The van der Waals surface area contributed by atoms with Gasteiger partial charge < -0.3 is 4.74 Å². The fourth-order valence-electron chi connectivity index (χ4n) is 5.06. The van der Waals surface area contributed by atoms with Gasteiger partial charge in [0.2, 0.25) is 0 Å². The number of aryl methyl sites for hydroxylation is 1. The van der Waals surface area contributed by atoms with Crippen LogP contribution in [0.4, 0.5) is 0 Å². The first-order valence-corrected chi connectivity index (χ1v) is 9.97. The second-order valence-electron chi connectivity index (χ2n) is 7.75. The maximum Gasteiger partial charge on any atom is 0.177 e. The van der Waals surface area contributed by atoms with Crippen LogP contribution < -0.4 is 4.74 Å². The van der Waals surface area contributed by atoms with Crippen molar-refractivity contribution in [1.29, 1.82) is 0 Å². The lowest BCUT2D eigenvalue weighted by molar-refractivity contribution is 0.102. The molecule has 0 saturated heterocycles. The van der Waals surface area contributed by atoms with Crippen molar-refractivity contribution in [3.8, 4) is 5.75 Å². The Hall–Kier alpha value is -1.96. The predicted molar refractivity (Wildman–Crippen MR) is 111 cm³/mol. The molecule has 0 N–H and O–H groups in total. The van der Waals surface area contributed by atoms with Gasteiger partial charge in [-0.25, -0.2) is 0 Å². The van der Waals surface area contributed by atoms with Crippen LogP contribution in [0.2, 0.25) is 0 Å². The van der Waals surface area contributed by atoms with Gasteiger partial charge in [-0.1, -0.05) is 103 Å². The van der Waals surface area contributed by atoms with Crippen LogP contribution in [0.1, 0.15) is 35.1 Å². The predicted octanol–water partition coefficient (Wildman–Crippen LogP) is 6.61. The van der Waals surface area contributed by atoms with Crippen molar-refractivity contribution in [3.63, 3.8) is 0 Å². The van der Waals surface area contributed by atoms with Crippen LogP contribution in [0.25, 0.3) is 0 Å². The lowest BCUT2D eigenvalue weighted by Crippen LogP contribution is -2.33. The lowest BCUT2D eigenvalue weighted by Gasteiger charge is -2.37. The molecule has 1 nitrogen and oxygen atoms in total. The summed E-state index contributed by atoms with van der Waals surface area (Å²) in [6.45, 7) is 4.31. The standard InChI is InChI=1S/C24H20Cl2O/c1-16-10-6-7-13-18(16)21-19-14-8-9-15-20(19)27-23(17-11-4-3-5-12-17)22(21,2)24(23,25)26/h3-15,21H,1-2H3/t21-,22-,23-/m1/s1. The van der Waals surface area contributed by atoms with E-state index in [4.69, 9.17) is 27.9 Å². The van der Waals surface area contributed by atoms with Crippen molar-refractivity contribution in [1.82, 2.24) is 0 Å². The van der Waals surface area contributed by atoms with E-state index in [0.29, 0.717) is 0 Å². The van der Waals surface area contributed by atoms with Crippen LogP contribution in [-0.4, -0.2) is 4.33 Å². The molecule has 3 atom stereocenters. The summed E-state index contributed by atoms with van der Waals surface area (Å²) >= 11 is 14.1. The van der Waals surface area contributed by atoms with Crippen molar-refractivity contribution in [3.05, 3.63) is 101 Å². The number of alkyl halides is 2. The summed E-state index contributed by atoms with van der Waals surface area (Å²) in [4.78, 5) is 0. The van der Waals surface area contributed by atoms with E-state index in [9.17, 15) is 0 Å². The number of hydrogen-bond acceptors (Lipinski definition) is 1. The van der Waals surface area contributed by atoms with Gasteiger partial charge in [0.25, 0.3) is 0 Å². The van der Waals surface area contributed by atoms with Crippen molar-refractivity contribution < 1.29 is 4.74 Å². The van der Waals surface area contributed by atoms with Gasteiger partial charge in [-0.05, 0) is 29.7 Å². The average Bonchev–Trinajstić information content (AvgIpc) is 3.09. The Morgan fingerprint density at radius 1 is 0.778 bits per heavy atom. The number of halogens is 2. The number of para-hydroxylation sites is 1. The molecule has 136 valence electrons. The maximum atomic E-state index is 7.07. The molecule has 1 aliphatic heterocycles. The third kappa shape index (κ3) is 1.92. The molecule has 5 rings (SSSR count). The van der Waals surface area contributed by atoms with Gasteiger partial charge in [0.1, 0.15) is 5.75 Å². The molecular weight excluding hydrogens is 375 g/mol. The minimum absolute atomic E-state index is 0.0406. The van der Waals surface area contributed by atoms with Gasteiger partial charge in [0, 0.05) is 11.5 Å². The molecule has 0 aromatic heterocycles. The SMILES string of the molecule is Cc1ccccc1[C@@H]1c2ccccc2O[C@@]2(c3ccccc3)C(Cl)(Cl)[C@]12C. The number of hydrogen-bond donors (Lipinski definition) is 0. The largest absolute Gasteiger partial charge is 0.478 e. The first kappa shape index (κ1) is 17.2. The second-order valence-corrected chi connectivity index (χ2v) is 9.08. The van der Waals surface area contributed by atoms with Crippen LogP contribution in [0, 0.1) is 12.3 Å². The Labute approximate surface area is 169 Å². The van der Waals surface area contributed by atoms with E-state index >= 15 is 0 Å². The fourth-order valence-corrected chi connectivity index (χ4v) is 6.14. The summed E-state index contributed by atoms with van der Waals surface area (Å²) in [5, 5.41) is 0. The van der Waals surface area contributed by atoms with Gasteiger partial charge in [-0.15, -0.1) is 0 Å². The third-order valence-corrected chi connectivity index (χ3v) is 7.83. The molecule has 2 aliphatic rings. The third-order valence-electron chi connectivity index (χ3n) is 6.51. The highest BCUT2D eigenvalue weighted by Gasteiger charge is 2.91. The van der Waals surface area contributed by atoms with Crippen LogP contribution >= 0.6 is 23.2 Å². The van der Waals surface area contributed by atoms with Crippen LogP contribution in [-0.2, 0) is 5.60 Å². The summed E-state index contributed by atoms with van der Waals surface area (Å²) in [6, 6.07) is 26.8. The Bertz CT molecular complexity index is 1030. The Balaban J connectivity index is 1.82. The van der Waals surface area contributed by atoms with Gasteiger partial charge in [0.05, 0.1) is 5.41 Å². The molecule has 0 spiro atoms. The van der Waals surface area contributed by atoms with E-state index in [-0.39, 0.29) is 5.92 Å². The number of ether oxygens (including phenoxy) is 1. The average molecular weight is 395 g/mol. The van der Waals surface area contributed by atoms with Crippen molar-refractivity contribution in [2.45, 2.75) is 29.7 Å². The number of benzene rings is 3. The molecule has 0 radical (unpaired) electrons. The maximum absolute atomic E-state index is 7.07. The van der Waals surface area contributed by atoms with Crippen molar-refractivity contribution in [2.24, 2.45) is 5.41 Å². The van der Waals surface area contributed by atoms with Crippen molar-refractivity contribution >= 4 is 23.2 Å². The second kappa shape index (κ2) is 5.53. The van der Waals surface area contributed by atoms with E-state index in [1.165, 1.54) is 11.1 Å². The topological polar surface area (TPSA) is 9.23 Å². The highest BCUT2D eigenvalue weighted by atomic mass is 35.5. The molecule has 0 bridgehead atoms. The number of rotatable bonds is 2. The molecule has 3 heteroatoms. The smallest absolute Gasteiger partial charge is 0.177 e. The van der Waals surface area contributed by atoms with Crippen molar-refractivity contribution in [2.75, 3.05) is 0 Å². The monoisotopic (exact) mass is 394 g/mol. The summed E-state index contributed by atoms with van der Waals surface area (Å²) < 4.78 is 5.58. The summed E-state index contributed by atoms with van der Waals surface area (Å²) in [5.74, 6) is 0.897. The minimum Gasteiger partial charge on any atom is -0.478 e. The van der Waals surface area contributed by atoms with E-state index in [2.05, 4.69) is 62.4 Å². The summed E-state index contributed by atoms with van der Waals surface area (Å²) in [7, 11) is 0. The zero-order valence-corrected chi connectivity index (χ0v) is 16.8. The zero-order chi connectivity index (χ0) is 18.9. The van der Waals surface area contributed by atoms with E-state index in [0.717, 1.165) is 16.9 Å². The molecule has 0 amide bonds. The van der Waals surface area contributed by atoms with Gasteiger partial charge in [-0.2, -0.15) is 0 Å². The molecule has 3 aromatic carbocycles. The lowest BCUT2D eigenvalue weighted by atomic mass is 9.73. The normalized spacial score (nSPS) is 30.0. The highest BCUT2D eigenvalue weighted by Crippen LogP contribution is 2.85. The summed E-state index contributed by atoms with van der Waals surface area (Å²) in [6.07, 6.45) is 0. The van der Waals surface area contributed by atoms with E-state index < -0.39 is 15.3 Å². The minimum atomic E-state index is -1.05. The van der Waals surface area contributed by atoms with Crippen LogP contribution in [0.15, 0.2) is 78.9 Å².